The maximum Gasteiger partial charge on any atom is 0.330 e. The Morgan fingerprint density at radius 3 is 2.16 bits per heavy atom. The van der Waals surface area contributed by atoms with Crippen LogP contribution in [-0.2, 0) is 42.7 Å². The molecule has 1 heterocycles. The largest absolute Gasteiger partial charge is 0.489 e. The van der Waals surface area contributed by atoms with Gasteiger partial charge >= 0.3 is 11.9 Å². The van der Waals surface area contributed by atoms with Gasteiger partial charge in [-0.2, -0.15) is 0 Å². The Morgan fingerprint density at radius 1 is 0.844 bits per heavy atom. The van der Waals surface area contributed by atoms with Gasteiger partial charge in [0.1, 0.15) is 37.5 Å². The lowest BCUT2D eigenvalue weighted by Crippen LogP contribution is -2.33. The van der Waals surface area contributed by atoms with Crippen molar-refractivity contribution in [1.29, 1.82) is 0 Å². The van der Waals surface area contributed by atoms with Gasteiger partial charge in [0.15, 0.2) is 11.7 Å². The van der Waals surface area contributed by atoms with E-state index in [1.54, 1.807) is 25.1 Å². The zero-order valence-electron chi connectivity index (χ0n) is 25.0. The van der Waals surface area contributed by atoms with Crippen molar-refractivity contribution in [3.05, 3.63) is 77.7 Å². The van der Waals surface area contributed by atoms with E-state index in [1.807, 2.05) is 6.07 Å². The minimum Gasteiger partial charge on any atom is -0.489 e. The first kappa shape index (κ1) is 35.8. The Morgan fingerprint density at radius 2 is 1.47 bits per heavy atom. The summed E-state index contributed by atoms with van der Waals surface area (Å²) in [5.74, 6) is -1.34. The molecule has 2 atom stereocenters. The summed E-state index contributed by atoms with van der Waals surface area (Å²) in [4.78, 5) is 35.2. The highest BCUT2D eigenvalue weighted by Crippen LogP contribution is 2.33. The quantitative estimate of drug-likeness (QED) is 0.0512. The fourth-order valence-corrected chi connectivity index (χ4v) is 5.06. The van der Waals surface area contributed by atoms with Gasteiger partial charge in [-0.1, -0.05) is 25.3 Å². The Hall–Kier alpha value is -3.72. The molecule has 45 heavy (non-hydrogen) atoms. The van der Waals surface area contributed by atoms with Crippen LogP contribution in [0, 0.1) is 5.82 Å². The number of halogens is 1. The first-order valence-corrected chi connectivity index (χ1v) is 15.0. The van der Waals surface area contributed by atoms with E-state index < -0.39 is 35.6 Å². The van der Waals surface area contributed by atoms with Crippen molar-refractivity contribution in [2.75, 3.05) is 66.1 Å². The molecule has 0 bridgehead atoms. The predicted molar refractivity (Wildman–Crippen MR) is 166 cm³/mol. The number of esters is 2. The number of carbonyl (C=O) groups excluding carboxylic acids is 2. The third-order valence-electron chi connectivity index (χ3n) is 5.98. The molecular formula is C32H37FO11S. The molecule has 0 radical (unpaired) electrons. The molecule has 244 valence electrons. The summed E-state index contributed by atoms with van der Waals surface area (Å²) in [6.45, 7) is 9.97. The van der Waals surface area contributed by atoms with Crippen LogP contribution in [0.1, 0.15) is 6.92 Å². The second-order valence-electron chi connectivity index (χ2n) is 9.23. The molecule has 3 rings (SSSR count). The summed E-state index contributed by atoms with van der Waals surface area (Å²) in [5, 5.41) is 0.409. The third kappa shape index (κ3) is 12.0. The van der Waals surface area contributed by atoms with Gasteiger partial charge in [0.25, 0.3) is 0 Å². The Bertz CT molecular complexity index is 1470. The predicted octanol–water partition coefficient (Wildman–Crippen LogP) is 4.19. The van der Waals surface area contributed by atoms with Gasteiger partial charge < -0.3 is 37.9 Å². The van der Waals surface area contributed by atoms with Gasteiger partial charge in [0.05, 0.1) is 56.3 Å². The molecule has 0 aliphatic carbocycles. The number of hydrogen-bond acceptors (Lipinski definition) is 12. The molecule has 2 aromatic carbocycles. The maximum absolute atomic E-state index is 14.8. The van der Waals surface area contributed by atoms with Crippen molar-refractivity contribution >= 4 is 43.4 Å². The lowest BCUT2D eigenvalue weighted by Gasteiger charge is -2.23. The molecule has 0 fully saturated rings. The number of ether oxygens (including phenoxy) is 8. The van der Waals surface area contributed by atoms with Gasteiger partial charge in [-0.25, -0.2) is 14.0 Å². The highest BCUT2D eigenvalue weighted by atomic mass is 32.1. The number of fused-ring (bicyclic) bond motifs is 2. The normalized spacial score (nSPS) is 12.5. The SMILES string of the molecule is C=CC(=O)OCCOCCOCC(COc1ccc(F)c2c(=O)c3ccccc3sc12)OC(C)OCCOCCOC(=O)C=C. The van der Waals surface area contributed by atoms with E-state index >= 15 is 0 Å². The van der Waals surface area contributed by atoms with Crippen LogP contribution in [0.2, 0.25) is 0 Å². The monoisotopic (exact) mass is 648 g/mol. The molecule has 1 aromatic heterocycles. The van der Waals surface area contributed by atoms with Crippen LogP contribution in [0.15, 0.2) is 66.5 Å². The molecule has 0 N–H and O–H groups in total. The van der Waals surface area contributed by atoms with E-state index in [9.17, 15) is 18.8 Å². The molecule has 0 aliphatic rings. The van der Waals surface area contributed by atoms with E-state index in [4.69, 9.17) is 37.9 Å². The Balaban J connectivity index is 1.57. The second-order valence-corrected chi connectivity index (χ2v) is 10.3. The number of carbonyl (C=O) groups is 2. The fourth-order valence-electron chi connectivity index (χ4n) is 3.90. The first-order chi connectivity index (χ1) is 21.8. The van der Waals surface area contributed by atoms with Crippen LogP contribution in [0.5, 0.6) is 5.75 Å². The van der Waals surface area contributed by atoms with Crippen LogP contribution >= 0.6 is 11.3 Å². The van der Waals surface area contributed by atoms with Crippen LogP contribution < -0.4 is 10.2 Å². The van der Waals surface area contributed by atoms with Crippen molar-refractivity contribution in [1.82, 2.24) is 0 Å². The number of rotatable bonds is 22. The van der Waals surface area contributed by atoms with Crippen LogP contribution in [0.4, 0.5) is 4.39 Å². The van der Waals surface area contributed by atoms with E-state index in [0.29, 0.717) is 20.5 Å². The highest BCUT2D eigenvalue weighted by molar-refractivity contribution is 7.24. The molecule has 0 spiro atoms. The average molecular weight is 649 g/mol. The van der Waals surface area contributed by atoms with Gasteiger partial charge in [-0.05, 0) is 31.2 Å². The van der Waals surface area contributed by atoms with Crippen LogP contribution in [-0.4, -0.2) is 90.4 Å². The third-order valence-corrected chi connectivity index (χ3v) is 7.17. The lowest BCUT2D eigenvalue weighted by molar-refractivity contribution is -0.185. The smallest absolute Gasteiger partial charge is 0.330 e. The Kier molecular flexibility index (Phi) is 15.6. The number of benzene rings is 2. The standard InChI is InChI=1S/C32H37FO11S/c1-4-28(34)41-18-15-37-12-13-39-20-23(44-22(3)40-17-14-38-16-19-42-29(35)5-2)21-43-26-11-10-25(33)30-31(36)24-8-6-7-9-27(24)45-32(26)30/h4-11,22-23H,1-2,12-21H2,3H3. The number of hydrogen-bond donors (Lipinski definition) is 0. The molecule has 0 amide bonds. The molecule has 0 saturated heterocycles. The van der Waals surface area contributed by atoms with Crippen LogP contribution in [0.25, 0.3) is 20.2 Å². The Labute approximate surface area is 264 Å². The maximum atomic E-state index is 14.8. The van der Waals surface area contributed by atoms with Crippen molar-refractivity contribution in [3.8, 4) is 5.75 Å². The molecule has 0 saturated carbocycles. The lowest BCUT2D eigenvalue weighted by atomic mass is 10.1. The molecule has 2 unspecified atom stereocenters. The summed E-state index contributed by atoms with van der Waals surface area (Å²) < 4.78 is 59.8. The summed E-state index contributed by atoms with van der Waals surface area (Å²) >= 11 is 1.27. The van der Waals surface area contributed by atoms with Crippen molar-refractivity contribution in [3.63, 3.8) is 0 Å². The zero-order chi connectivity index (χ0) is 32.4. The summed E-state index contributed by atoms with van der Waals surface area (Å²) in [6.07, 6.45) is 0.852. The van der Waals surface area contributed by atoms with E-state index in [2.05, 4.69) is 13.2 Å². The summed E-state index contributed by atoms with van der Waals surface area (Å²) in [6, 6.07) is 9.71. The topological polar surface area (TPSA) is 125 Å². The van der Waals surface area contributed by atoms with Crippen molar-refractivity contribution in [2.24, 2.45) is 0 Å². The van der Waals surface area contributed by atoms with E-state index in [-0.39, 0.29) is 71.5 Å². The minimum atomic E-state index is -0.676. The average Bonchev–Trinajstić information content (AvgIpc) is 3.04. The van der Waals surface area contributed by atoms with Crippen LogP contribution in [0.3, 0.4) is 0 Å². The fraction of sp³-hybridized carbons (Fsp3) is 0.406. The zero-order valence-corrected chi connectivity index (χ0v) is 25.9. The first-order valence-electron chi connectivity index (χ1n) is 14.2. The van der Waals surface area contributed by atoms with E-state index in [0.717, 1.165) is 12.2 Å². The molecule has 11 nitrogen and oxygen atoms in total. The minimum absolute atomic E-state index is 0.00566. The summed E-state index contributed by atoms with van der Waals surface area (Å²) in [5.41, 5.74) is -0.402. The van der Waals surface area contributed by atoms with E-state index in [1.165, 1.54) is 23.5 Å². The molecule has 13 heteroatoms. The van der Waals surface area contributed by atoms with Gasteiger partial charge in [0.2, 0.25) is 0 Å². The van der Waals surface area contributed by atoms with Gasteiger partial charge in [-0.15, -0.1) is 11.3 Å². The molecule has 0 aliphatic heterocycles. The van der Waals surface area contributed by atoms with Gasteiger partial charge in [-0.3, -0.25) is 4.79 Å². The molecule has 3 aromatic rings. The van der Waals surface area contributed by atoms with Crippen molar-refractivity contribution in [2.45, 2.75) is 19.3 Å². The molecular weight excluding hydrogens is 611 g/mol. The summed E-state index contributed by atoms with van der Waals surface area (Å²) in [7, 11) is 0. The van der Waals surface area contributed by atoms with Gasteiger partial charge in [0, 0.05) is 22.2 Å². The second kappa shape index (κ2) is 19.6. The van der Waals surface area contributed by atoms with Crippen molar-refractivity contribution < 1.29 is 51.9 Å². The highest BCUT2D eigenvalue weighted by Gasteiger charge is 2.19.